The molecule has 1 amide bonds. The van der Waals surface area contributed by atoms with Crippen molar-refractivity contribution in [3.8, 4) is 11.5 Å². The van der Waals surface area contributed by atoms with E-state index in [-0.39, 0.29) is 47.9 Å². The van der Waals surface area contributed by atoms with Crippen molar-refractivity contribution < 1.29 is 33.3 Å². The van der Waals surface area contributed by atoms with E-state index in [1.165, 1.54) is 19.2 Å². The summed E-state index contributed by atoms with van der Waals surface area (Å²) in [6, 6.07) is 9.46. The maximum atomic E-state index is 14.0. The second-order valence-corrected chi connectivity index (χ2v) is 10.8. The zero-order valence-electron chi connectivity index (χ0n) is 21.3. The number of methoxy groups -OCH3 is 1. The molecule has 0 bridgehead atoms. The number of β-amino-alcohol motifs (C(OH)–C–C–N with tert-alkyl or cyclic N) is 1. The number of halogens is 2. The van der Waals surface area contributed by atoms with Crippen LogP contribution in [0.4, 0.5) is 4.39 Å². The van der Waals surface area contributed by atoms with Crippen LogP contribution in [0.5, 0.6) is 11.5 Å². The standard InChI is InChI=1S/C28H32ClFN2O6/c1-36-27(35)18-6-9-32(15-18)26(34)23-4-3-21(30)13-25(23)37-17-22(33)16-31-10-7-28(8-11-31)14-19-12-20(29)2-5-24(19)38-28/h2-5,12-13,18,22,33H,6-11,14-17H2,1H3/t18-,22+/m1/s1. The third kappa shape index (κ3) is 5.75. The largest absolute Gasteiger partial charge is 0.490 e. The van der Waals surface area contributed by atoms with Gasteiger partial charge in [0.15, 0.2) is 0 Å². The molecule has 2 aromatic carbocycles. The molecule has 1 N–H and O–H groups in total. The summed E-state index contributed by atoms with van der Waals surface area (Å²) in [6.07, 6.45) is 2.17. The number of aliphatic hydroxyl groups excluding tert-OH is 1. The van der Waals surface area contributed by atoms with Gasteiger partial charge in [-0.25, -0.2) is 4.39 Å². The molecule has 0 aliphatic carbocycles. The molecule has 5 rings (SSSR count). The van der Waals surface area contributed by atoms with Crippen LogP contribution in [0.25, 0.3) is 0 Å². The van der Waals surface area contributed by atoms with Crippen molar-refractivity contribution in [2.24, 2.45) is 5.92 Å². The van der Waals surface area contributed by atoms with Crippen LogP contribution in [-0.4, -0.2) is 84.9 Å². The predicted molar refractivity (Wildman–Crippen MR) is 138 cm³/mol. The molecule has 38 heavy (non-hydrogen) atoms. The highest BCUT2D eigenvalue weighted by Crippen LogP contribution is 2.42. The number of carbonyl (C=O) groups excluding carboxylic acids is 2. The van der Waals surface area contributed by atoms with Gasteiger partial charge >= 0.3 is 5.97 Å². The number of benzene rings is 2. The number of nitrogens with zero attached hydrogens (tertiary/aromatic N) is 2. The molecule has 204 valence electrons. The molecular formula is C28H32ClFN2O6. The second-order valence-electron chi connectivity index (χ2n) is 10.4. The Morgan fingerprint density at radius 1 is 1.21 bits per heavy atom. The normalized spacial score (nSPS) is 21.2. The van der Waals surface area contributed by atoms with Crippen molar-refractivity contribution >= 4 is 23.5 Å². The van der Waals surface area contributed by atoms with Gasteiger partial charge in [0.05, 0.1) is 18.6 Å². The number of fused-ring (bicyclic) bond motifs is 1. The maximum absolute atomic E-state index is 14.0. The number of likely N-dealkylation sites (tertiary alicyclic amines) is 2. The molecule has 0 radical (unpaired) electrons. The van der Waals surface area contributed by atoms with Gasteiger partial charge in [0.2, 0.25) is 0 Å². The Balaban J connectivity index is 1.13. The summed E-state index contributed by atoms with van der Waals surface area (Å²) in [7, 11) is 1.32. The molecule has 8 nitrogen and oxygen atoms in total. The van der Waals surface area contributed by atoms with Crippen LogP contribution in [-0.2, 0) is 16.0 Å². The third-order valence-corrected chi connectivity index (χ3v) is 7.95. The Hall–Kier alpha value is -2.88. The summed E-state index contributed by atoms with van der Waals surface area (Å²) in [6.45, 7) is 2.47. The van der Waals surface area contributed by atoms with E-state index in [0.717, 1.165) is 49.7 Å². The molecule has 10 heteroatoms. The fourth-order valence-corrected chi connectivity index (χ4v) is 5.82. The molecule has 0 aromatic heterocycles. The van der Waals surface area contributed by atoms with E-state index in [9.17, 15) is 19.1 Å². The molecule has 2 atom stereocenters. The fourth-order valence-electron chi connectivity index (χ4n) is 5.63. The van der Waals surface area contributed by atoms with E-state index in [0.29, 0.717) is 24.5 Å². The van der Waals surface area contributed by atoms with Crippen molar-refractivity contribution in [1.29, 1.82) is 0 Å². The summed E-state index contributed by atoms with van der Waals surface area (Å²) in [5, 5.41) is 11.4. The van der Waals surface area contributed by atoms with Gasteiger partial charge in [0, 0.05) is 63.1 Å². The first-order valence-corrected chi connectivity index (χ1v) is 13.3. The van der Waals surface area contributed by atoms with Crippen molar-refractivity contribution in [2.45, 2.75) is 37.4 Å². The van der Waals surface area contributed by atoms with Crippen LogP contribution in [0.1, 0.15) is 35.2 Å². The summed E-state index contributed by atoms with van der Waals surface area (Å²) in [5.74, 6) is -0.645. The summed E-state index contributed by atoms with van der Waals surface area (Å²) in [5.41, 5.74) is 1.10. The Kier molecular flexibility index (Phi) is 7.79. The molecule has 3 aliphatic heterocycles. The molecule has 2 aromatic rings. The lowest BCUT2D eigenvalue weighted by Gasteiger charge is -2.39. The topological polar surface area (TPSA) is 88.5 Å². The SMILES string of the molecule is COC(=O)[C@@H]1CCN(C(=O)c2ccc(F)cc2OC[C@@H](O)CN2CCC3(CC2)Cc2cc(Cl)ccc2O3)C1. The number of hydrogen-bond acceptors (Lipinski definition) is 7. The van der Waals surface area contributed by atoms with Crippen molar-refractivity contribution in [2.75, 3.05) is 46.4 Å². The molecular weight excluding hydrogens is 515 g/mol. The van der Waals surface area contributed by atoms with E-state index < -0.39 is 11.9 Å². The van der Waals surface area contributed by atoms with Crippen LogP contribution in [0.3, 0.4) is 0 Å². The lowest BCUT2D eigenvalue weighted by molar-refractivity contribution is -0.144. The maximum Gasteiger partial charge on any atom is 0.310 e. The predicted octanol–water partition coefficient (Wildman–Crippen LogP) is 3.32. The number of carbonyl (C=O) groups is 2. The number of esters is 1. The van der Waals surface area contributed by atoms with Gasteiger partial charge in [-0.3, -0.25) is 9.59 Å². The summed E-state index contributed by atoms with van der Waals surface area (Å²) in [4.78, 5) is 28.6. The molecule has 3 aliphatic rings. The van der Waals surface area contributed by atoms with Gasteiger partial charge in [-0.05, 0) is 42.3 Å². The highest BCUT2D eigenvalue weighted by atomic mass is 35.5. The number of ether oxygens (including phenoxy) is 3. The Morgan fingerprint density at radius 2 is 2.00 bits per heavy atom. The quantitative estimate of drug-likeness (QED) is 0.533. The average molecular weight is 547 g/mol. The number of piperidine rings is 1. The average Bonchev–Trinajstić information content (AvgIpc) is 3.53. The molecule has 1 spiro atoms. The van der Waals surface area contributed by atoms with Crippen molar-refractivity contribution in [3.05, 3.63) is 58.4 Å². The third-order valence-electron chi connectivity index (χ3n) is 7.71. The van der Waals surface area contributed by atoms with E-state index in [1.807, 2.05) is 18.2 Å². The van der Waals surface area contributed by atoms with Crippen molar-refractivity contribution in [1.82, 2.24) is 9.80 Å². The molecule has 2 saturated heterocycles. The first kappa shape index (κ1) is 26.7. The number of hydrogen-bond donors (Lipinski definition) is 1. The minimum absolute atomic E-state index is 0.0731. The lowest BCUT2D eigenvalue weighted by Crippen LogP contribution is -2.49. The Morgan fingerprint density at radius 3 is 2.76 bits per heavy atom. The Labute approximate surface area is 226 Å². The van der Waals surface area contributed by atoms with Crippen LogP contribution in [0.15, 0.2) is 36.4 Å². The van der Waals surface area contributed by atoms with Crippen LogP contribution in [0, 0.1) is 11.7 Å². The first-order valence-electron chi connectivity index (χ1n) is 12.9. The van der Waals surface area contributed by atoms with Gasteiger partial charge in [-0.15, -0.1) is 0 Å². The number of aliphatic hydroxyl groups is 1. The molecule has 2 fully saturated rings. The highest BCUT2D eigenvalue weighted by molar-refractivity contribution is 6.30. The molecule has 0 unspecified atom stereocenters. The van der Waals surface area contributed by atoms with Gasteiger partial charge in [0.1, 0.15) is 35.6 Å². The molecule has 0 saturated carbocycles. The van der Waals surface area contributed by atoms with Crippen LogP contribution in [0.2, 0.25) is 5.02 Å². The second kappa shape index (κ2) is 11.1. The molecule has 3 heterocycles. The number of amides is 1. The van der Waals surface area contributed by atoms with E-state index in [4.69, 9.17) is 25.8 Å². The van der Waals surface area contributed by atoms with Gasteiger partial charge in [0.25, 0.3) is 5.91 Å². The zero-order chi connectivity index (χ0) is 26.9. The summed E-state index contributed by atoms with van der Waals surface area (Å²) >= 11 is 6.13. The van der Waals surface area contributed by atoms with E-state index in [1.54, 1.807) is 4.90 Å². The van der Waals surface area contributed by atoms with Gasteiger partial charge in [-0.1, -0.05) is 11.6 Å². The minimum atomic E-state index is -0.828. The fraction of sp³-hybridized carbons (Fsp3) is 0.500. The first-order chi connectivity index (χ1) is 18.2. The number of rotatable bonds is 7. The van der Waals surface area contributed by atoms with Crippen molar-refractivity contribution in [3.63, 3.8) is 0 Å². The lowest BCUT2D eigenvalue weighted by atomic mass is 9.87. The monoisotopic (exact) mass is 546 g/mol. The van der Waals surface area contributed by atoms with E-state index in [2.05, 4.69) is 4.90 Å². The highest BCUT2D eigenvalue weighted by Gasteiger charge is 2.42. The Bertz CT molecular complexity index is 1200. The van der Waals surface area contributed by atoms with E-state index >= 15 is 0 Å². The minimum Gasteiger partial charge on any atom is -0.490 e. The van der Waals surface area contributed by atoms with Gasteiger partial charge < -0.3 is 29.1 Å². The zero-order valence-corrected chi connectivity index (χ0v) is 22.1. The van der Waals surface area contributed by atoms with Crippen LogP contribution >= 0.6 is 11.6 Å². The smallest absolute Gasteiger partial charge is 0.310 e. The van der Waals surface area contributed by atoms with Gasteiger partial charge in [-0.2, -0.15) is 0 Å². The summed E-state index contributed by atoms with van der Waals surface area (Å²) < 4.78 is 30.8. The van der Waals surface area contributed by atoms with Crippen LogP contribution < -0.4 is 9.47 Å².